The summed E-state index contributed by atoms with van der Waals surface area (Å²) in [5, 5.41) is 0. The minimum Gasteiger partial charge on any atom is -0.489 e. The van der Waals surface area contributed by atoms with Gasteiger partial charge in [-0.2, -0.15) is 0 Å². The second-order valence-corrected chi connectivity index (χ2v) is 5.40. The standard InChI is InChI=1S/C20H19NO2/c1-16-4-2-5-18(12-16)15-23-19-9-7-17(8-10-19)13-21-14-20-6-3-11-22-20/h2-13H,14-15H2,1H3. The van der Waals surface area contributed by atoms with E-state index in [1.54, 1.807) is 6.26 Å². The highest BCUT2D eigenvalue weighted by atomic mass is 16.5. The Morgan fingerprint density at radius 3 is 2.65 bits per heavy atom. The lowest BCUT2D eigenvalue weighted by Crippen LogP contribution is -1.95. The van der Waals surface area contributed by atoms with Crippen LogP contribution in [-0.2, 0) is 13.2 Å². The molecule has 2 aromatic carbocycles. The monoisotopic (exact) mass is 305 g/mol. The highest BCUT2D eigenvalue weighted by Gasteiger charge is 1.97. The van der Waals surface area contributed by atoms with Gasteiger partial charge >= 0.3 is 0 Å². The van der Waals surface area contributed by atoms with Gasteiger partial charge in [0.25, 0.3) is 0 Å². The van der Waals surface area contributed by atoms with Crippen LogP contribution in [0.4, 0.5) is 0 Å². The average Bonchev–Trinajstić information content (AvgIpc) is 3.08. The molecule has 23 heavy (non-hydrogen) atoms. The predicted molar refractivity (Wildman–Crippen MR) is 92.0 cm³/mol. The summed E-state index contributed by atoms with van der Waals surface area (Å²) in [6, 6.07) is 20.0. The number of benzene rings is 2. The molecule has 0 aliphatic heterocycles. The largest absolute Gasteiger partial charge is 0.489 e. The third-order valence-electron chi connectivity index (χ3n) is 3.44. The van der Waals surface area contributed by atoms with Crippen molar-refractivity contribution in [2.45, 2.75) is 20.1 Å². The summed E-state index contributed by atoms with van der Waals surface area (Å²) in [6.45, 7) is 3.21. The van der Waals surface area contributed by atoms with Gasteiger partial charge in [-0.1, -0.05) is 29.8 Å². The van der Waals surface area contributed by atoms with Gasteiger partial charge in [-0.25, -0.2) is 0 Å². The van der Waals surface area contributed by atoms with E-state index < -0.39 is 0 Å². The second-order valence-electron chi connectivity index (χ2n) is 5.40. The molecular formula is C20H19NO2. The van der Waals surface area contributed by atoms with Crippen LogP contribution in [-0.4, -0.2) is 6.21 Å². The number of nitrogens with zero attached hydrogens (tertiary/aromatic N) is 1. The lowest BCUT2D eigenvalue weighted by Gasteiger charge is -2.07. The highest BCUT2D eigenvalue weighted by molar-refractivity contribution is 5.79. The molecule has 3 aromatic rings. The van der Waals surface area contributed by atoms with Gasteiger partial charge < -0.3 is 9.15 Å². The first-order valence-corrected chi connectivity index (χ1v) is 7.60. The van der Waals surface area contributed by atoms with E-state index in [1.165, 1.54) is 11.1 Å². The summed E-state index contributed by atoms with van der Waals surface area (Å²) in [5.74, 6) is 1.72. The number of aliphatic imine (C=N–C) groups is 1. The van der Waals surface area contributed by atoms with E-state index in [9.17, 15) is 0 Å². The van der Waals surface area contributed by atoms with Crippen molar-refractivity contribution < 1.29 is 9.15 Å². The lowest BCUT2D eigenvalue weighted by atomic mass is 10.1. The van der Waals surface area contributed by atoms with Crippen molar-refractivity contribution in [1.29, 1.82) is 0 Å². The van der Waals surface area contributed by atoms with Crippen molar-refractivity contribution in [2.75, 3.05) is 0 Å². The number of ether oxygens (including phenoxy) is 1. The van der Waals surface area contributed by atoms with Crippen LogP contribution in [0, 0.1) is 6.92 Å². The SMILES string of the molecule is Cc1cccc(COc2ccc(C=NCc3ccco3)cc2)c1. The van der Waals surface area contributed by atoms with E-state index in [0.29, 0.717) is 13.2 Å². The average molecular weight is 305 g/mol. The quantitative estimate of drug-likeness (QED) is 0.614. The van der Waals surface area contributed by atoms with Crippen molar-refractivity contribution in [3.05, 3.63) is 89.4 Å². The van der Waals surface area contributed by atoms with Crippen LogP contribution in [0.3, 0.4) is 0 Å². The molecule has 0 radical (unpaired) electrons. The maximum absolute atomic E-state index is 5.81. The summed E-state index contributed by atoms with van der Waals surface area (Å²) in [4.78, 5) is 4.36. The molecule has 0 bridgehead atoms. The minimum absolute atomic E-state index is 0.554. The van der Waals surface area contributed by atoms with E-state index in [0.717, 1.165) is 17.1 Å². The molecule has 3 rings (SSSR count). The Hall–Kier alpha value is -2.81. The minimum atomic E-state index is 0.554. The summed E-state index contributed by atoms with van der Waals surface area (Å²) in [5.41, 5.74) is 3.46. The molecule has 3 nitrogen and oxygen atoms in total. The van der Waals surface area contributed by atoms with Crippen molar-refractivity contribution >= 4 is 6.21 Å². The maximum atomic E-state index is 5.81. The van der Waals surface area contributed by atoms with Gasteiger partial charge in [-0.05, 0) is 54.4 Å². The van der Waals surface area contributed by atoms with Crippen molar-refractivity contribution in [1.82, 2.24) is 0 Å². The van der Waals surface area contributed by atoms with Gasteiger partial charge in [-0.15, -0.1) is 0 Å². The Morgan fingerprint density at radius 1 is 1.04 bits per heavy atom. The summed E-state index contributed by atoms with van der Waals surface area (Å²) in [6.07, 6.45) is 3.50. The van der Waals surface area contributed by atoms with Crippen LogP contribution in [0.5, 0.6) is 5.75 Å². The molecule has 0 amide bonds. The molecule has 3 heteroatoms. The number of hydrogen-bond acceptors (Lipinski definition) is 3. The van der Waals surface area contributed by atoms with Gasteiger partial charge in [0.2, 0.25) is 0 Å². The van der Waals surface area contributed by atoms with Crippen molar-refractivity contribution in [3.8, 4) is 5.75 Å². The highest BCUT2D eigenvalue weighted by Crippen LogP contribution is 2.14. The Bertz CT molecular complexity index is 759. The van der Waals surface area contributed by atoms with Gasteiger partial charge in [0.1, 0.15) is 18.1 Å². The van der Waals surface area contributed by atoms with E-state index in [2.05, 4.69) is 30.1 Å². The molecule has 0 spiro atoms. The van der Waals surface area contributed by atoms with Crippen LogP contribution in [0.25, 0.3) is 0 Å². The Kier molecular flexibility index (Phi) is 4.89. The second kappa shape index (κ2) is 7.45. The number of rotatable bonds is 6. The van der Waals surface area contributed by atoms with Crippen molar-refractivity contribution in [3.63, 3.8) is 0 Å². The number of furan rings is 1. The fourth-order valence-corrected chi connectivity index (χ4v) is 2.26. The zero-order chi connectivity index (χ0) is 15.9. The zero-order valence-electron chi connectivity index (χ0n) is 13.1. The van der Waals surface area contributed by atoms with E-state index in [-0.39, 0.29) is 0 Å². The molecule has 1 aromatic heterocycles. The van der Waals surface area contributed by atoms with Gasteiger partial charge in [0.05, 0.1) is 12.8 Å². The maximum Gasteiger partial charge on any atom is 0.125 e. The van der Waals surface area contributed by atoms with E-state index >= 15 is 0 Å². The molecule has 116 valence electrons. The van der Waals surface area contributed by atoms with E-state index in [1.807, 2.05) is 48.7 Å². The molecule has 0 aliphatic carbocycles. The molecule has 0 atom stereocenters. The van der Waals surface area contributed by atoms with Gasteiger partial charge in [0.15, 0.2) is 0 Å². The van der Waals surface area contributed by atoms with Crippen LogP contribution >= 0.6 is 0 Å². The molecule has 0 N–H and O–H groups in total. The van der Waals surface area contributed by atoms with Crippen molar-refractivity contribution in [2.24, 2.45) is 4.99 Å². The Labute approximate surface area is 136 Å². The predicted octanol–water partition coefficient (Wildman–Crippen LogP) is 4.79. The lowest BCUT2D eigenvalue weighted by molar-refractivity contribution is 0.306. The fourth-order valence-electron chi connectivity index (χ4n) is 2.26. The summed E-state index contributed by atoms with van der Waals surface area (Å²) in [7, 11) is 0. The normalized spacial score (nSPS) is 11.0. The first-order chi connectivity index (χ1) is 11.3. The summed E-state index contributed by atoms with van der Waals surface area (Å²) < 4.78 is 11.0. The third kappa shape index (κ3) is 4.58. The van der Waals surface area contributed by atoms with Crippen LogP contribution < -0.4 is 4.74 Å². The van der Waals surface area contributed by atoms with Crippen LogP contribution in [0.1, 0.15) is 22.5 Å². The zero-order valence-corrected chi connectivity index (χ0v) is 13.1. The van der Waals surface area contributed by atoms with E-state index in [4.69, 9.17) is 9.15 Å². The van der Waals surface area contributed by atoms with Gasteiger partial charge in [-0.3, -0.25) is 4.99 Å². The first-order valence-electron chi connectivity index (χ1n) is 7.60. The molecule has 1 heterocycles. The molecule has 0 saturated heterocycles. The van der Waals surface area contributed by atoms with Crippen LogP contribution in [0.15, 0.2) is 76.3 Å². The fraction of sp³-hybridized carbons (Fsp3) is 0.150. The molecule has 0 aliphatic rings. The Morgan fingerprint density at radius 2 is 1.91 bits per heavy atom. The molecule has 0 unspecified atom stereocenters. The molecular weight excluding hydrogens is 286 g/mol. The Balaban J connectivity index is 1.53. The van der Waals surface area contributed by atoms with Crippen LogP contribution in [0.2, 0.25) is 0 Å². The third-order valence-corrected chi connectivity index (χ3v) is 3.44. The smallest absolute Gasteiger partial charge is 0.125 e. The number of hydrogen-bond donors (Lipinski definition) is 0. The topological polar surface area (TPSA) is 34.7 Å². The first kappa shape index (κ1) is 15.1. The molecule has 0 saturated carbocycles. The van der Waals surface area contributed by atoms with Gasteiger partial charge in [0, 0.05) is 6.21 Å². The summed E-state index contributed by atoms with van der Waals surface area (Å²) >= 11 is 0. The molecule has 0 fully saturated rings. The number of aryl methyl sites for hydroxylation is 1.